The Morgan fingerprint density at radius 3 is 2.65 bits per heavy atom. The van der Waals surface area contributed by atoms with Crippen molar-refractivity contribution in [3.63, 3.8) is 0 Å². The molecule has 0 bridgehead atoms. The highest BCUT2D eigenvalue weighted by molar-refractivity contribution is 7.90. The molecule has 0 unspecified atom stereocenters. The quantitative estimate of drug-likeness (QED) is 0.766. The van der Waals surface area contributed by atoms with Crippen molar-refractivity contribution in [2.24, 2.45) is 5.73 Å². The first kappa shape index (κ1) is 16.3. The average molecular weight is 370 g/mol. The minimum absolute atomic E-state index is 0.0498. The normalized spacial score (nSPS) is 12.0. The van der Waals surface area contributed by atoms with Gasteiger partial charge in [-0.05, 0) is 48.9 Å². The first-order valence-corrected chi connectivity index (χ1v) is 9.00. The Hall–Kier alpha value is -1.60. The number of rotatable bonds is 4. The molecule has 0 aliphatic rings. The van der Waals surface area contributed by atoms with Crippen LogP contribution < -0.4 is 5.73 Å². The van der Waals surface area contributed by atoms with Crippen molar-refractivity contribution in [2.75, 3.05) is 6.54 Å². The van der Waals surface area contributed by atoms with Crippen molar-refractivity contribution in [2.45, 2.75) is 11.3 Å². The molecule has 2 N–H and O–H groups in total. The fraction of sp³-hybridized carbons (Fsp3) is 0.133. The van der Waals surface area contributed by atoms with Crippen molar-refractivity contribution in [1.82, 2.24) is 8.96 Å². The third kappa shape index (κ3) is 2.83. The molecular weight excluding hydrogens is 357 g/mol. The van der Waals surface area contributed by atoms with Crippen LogP contribution >= 0.6 is 23.2 Å². The Morgan fingerprint density at radius 2 is 1.96 bits per heavy atom. The van der Waals surface area contributed by atoms with Gasteiger partial charge in [0.15, 0.2) is 5.65 Å². The molecule has 3 rings (SSSR count). The van der Waals surface area contributed by atoms with Crippen LogP contribution in [-0.2, 0) is 16.4 Å². The lowest BCUT2D eigenvalue weighted by Gasteiger charge is -2.07. The van der Waals surface area contributed by atoms with Crippen LogP contribution in [0.4, 0.5) is 0 Å². The number of fused-ring (bicyclic) bond motifs is 1. The summed E-state index contributed by atoms with van der Waals surface area (Å²) in [6, 6.07) is 7.79. The molecule has 0 saturated carbocycles. The Labute approximate surface area is 143 Å². The van der Waals surface area contributed by atoms with Gasteiger partial charge in [-0.15, -0.1) is 0 Å². The van der Waals surface area contributed by atoms with Gasteiger partial charge < -0.3 is 5.73 Å². The van der Waals surface area contributed by atoms with E-state index in [1.165, 1.54) is 18.2 Å². The van der Waals surface area contributed by atoms with E-state index in [-0.39, 0.29) is 9.92 Å². The predicted octanol–water partition coefficient (Wildman–Crippen LogP) is 3.08. The van der Waals surface area contributed by atoms with E-state index in [1.807, 2.05) is 6.07 Å². The van der Waals surface area contributed by atoms with E-state index in [0.29, 0.717) is 23.6 Å². The molecule has 2 aromatic heterocycles. The maximum atomic E-state index is 12.9. The summed E-state index contributed by atoms with van der Waals surface area (Å²) < 4.78 is 27.0. The van der Waals surface area contributed by atoms with Crippen LogP contribution in [-0.4, -0.2) is 23.9 Å². The molecule has 0 saturated heterocycles. The summed E-state index contributed by atoms with van der Waals surface area (Å²) in [4.78, 5) is 4.25. The van der Waals surface area contributed by atoms with Crippen LogP contribution in [0, 0.1) is 0 Å². The molecule has 2 heterocycles. The first-order valence-electron chi connectivity index (χ1n) is 6.81. The Kier molecular flexibility index (Phi) is 4.33. The van der Waals surface area contributed by atoms with E-state index in [0.717, 1.165) is 14.9 Å². The zero-order valence-electron chi connectivity index (χ0n) is 11.9. The minimum Gasteiger partial charge on any atom is -0.330 e. The van der Waals surface area contributed by atoms with Gasteiger partial charge in [0.1, 0.15) is 0 Å². The highest BCUT2D eigenvalue weighted by Crippen LogP contribution is 2.28. The first-order chi connectivity index (χ1) is 10.9. The van der Waals surface area contributed by atoms with Crippen LogP contribution in [0.15, 0.2) is 47.6 Å². The van der Waals surface area contributed by atoms with Crippen LogP contribution in [0.2, 0.25) is 10.0 Å². The summed E-state index contributed by atoms with van der Waals surface area (Å²) in [5.41, 5.74) is 6.80. The van der Waals surface area contributed by atoms with E-state index in [1.54, 1.807) is 18.5 Å². The lowest BCUT2D eigenvalue weighted by atomic mass is 10.2. The van der Waals surface area contributed by atoms with Gasteiger partial charge in [0.05, 0.1) is 14.9 Å². The maximum absolute atomic E-state index is 12.9. The van der Waals surface area contributed by atoms with Gasteiger partial charge in [-0.2, -0.15) is 0 Å². The molecule has 1 aromatic carbocycles. The summed E-state index contributed by atoms with van der Waals surface area (Å²) in [6.45, 7) is 0.417. The molecule has 5 nitrogen and oxygen atoms in total. The summed E-state index contributed by atoms with van der Waals surface area (Å²) in [5.74, 6) is 0. The summed E-state index contributed by atoms with van der Waals surface area (Å²) >= 11 is 11.8. The van der Waals surface area contributed by atoms with E-state index >= 15 is 0 Å². The van der Waals surface area contributed by atoms with Crippen LogP contribution in [0.1, 0.15) is 5.56 Å². The molecule has 23 heavy (non-hydrogen) atoms. The molecule has 0 aliphatic heterocycles. The second-order valence-electron chi connectivity index (χ2n) is 4.94. The highest BCUT2D eigenvalue weighted by Gasteiger charge is 2.22. The van der Waals surface area contributed by atoms with Gasteiger partial charge in [0, 0.05) is 17.8 Å². The van der Waals surface area contributed by atoms with Gasteiger partial charge in [0.25, 0.3) is 10.0 Å². The number of benzene rings is 1. The summed E-state index contributed by atoms with van der Waals surface area (Å²) in [6.07, 6.45) is 3.67. The molecule has 0 fully saturated rings. The maximum Gasteiger partial charge on any atom is 0.269 e. The largest absolute Gasteiger partial charge is 0.330 e. The molecule has 0 aliphatic carbocycles. The minimum atomic E-state index is -3.83. The molecule has 0 atom stereocenters. The van der Waals surface area contributed by atoms with E-state index < -0.39 is 10.0 Å². The summed E-state index contributed by atoms with van der Waals surface area (Å²) in [7, 11) is -3.83. The van der Waals surface area contributed by atoms with Crippen molar-refractivity contribution in [1.29, 1.82) is 0 Å². The lowest BCUT2D eigenvalue weighted by molar-refractivity contribution is 0.588. The second kappa shape index (κ2) is 6.13. The van der Waals surface area contributed by atoms with Crippen molar-refractivity contribution < 1.29 is 8.42 Å². The molecule has 120 valence electrons. The lowest BCUT2D eigenvalue weighted by Crippen LogP contribution is -2.12. The van der Waals surface area contributed by atoms with Crippen molar-refractivity contribution in [3.8, 4) is 0 Å². The zero-order valence-corrected chi connectivity index (χ0v) is 14.2. The van der Waals surface area contributed by atoms with E-state index in [4.69, 9.17) is 28.9 Å². The molecule has 0 radical (unpaired) electrons. The topological polar surface area (TPSA) is 78.0 Å². The number of hydrogen-bond acceptors (Lipinski definition) is 4. The van der Waals surface area contributed by atoms with E-state index in [2.05, 4.69) is 4.98 Å². The average Bonchev–Trinajstić information content (AvgIpc) is 2.90. The zero-order chi connectivity index (χ0) is 16.6. The van der Waals surface area contributed by atoms with E-state index in [9.17, 15) is 8.42 Å². The Balaban J connectivity index is 2.24. The fourth-order valence-corrected chi connectivity index (χ4v) is 4.12. The monoisotopic (exact) mass is 369 g/mol. The summed E-state index contributed by atoms with van der Waals surface area (Å²) in [5, 5.41) is 1.24. The predicted molar refractivity (Wildman–Crippen MR) is 91.5 cm³/mol. The molecule has 8 heteroatoms. The Morgan fingerprint density at radius 1 is 1.17 bits per heavy atom. The van der Waals surface area contributed by atoms with Gasteiger partial charge in [-0.25, -0.2) is 17.4 Å². The van der Waals surface area contributed by atoms with Gasteiger partial charge >= 0.3 is 0 Å². The van der Waals surface area contributed by atoms with Crippen LogP contribution in [0.25, 0.3) is 11.0 Å². The molecule has 0 spiro atoms. The number of halogens is 2. The molecule has 0 amide bonds. The van der Waals surface area contributed by atoms with Gasteiger partial charge in [-0.3, -0.25) is 0 Å². The smallest absolute Gasteiger partial charge is 0.269 e. The Bertz CT molecular complexity index is 984. The third-order valence-corrected chi connectivity index (χ3v) is 5.86. The number of pyridine rings is 1. The van der Waals surface area contributed by atoms with Gasteiger partial charge in [-0.1, -0.05) is 23.2 Å². The number of nitrogens with two attached hydrogens (primary N) is 1. The fourth-order valence-electron chi connectivity index (χ4n) is 2.38. The van der Waals surface area contributed by atoms with Crippen LogP contribution in [0.5, 0.6) is 0 Å². The molecule has 3 aromatic rings. The number of hydrogen-bond donors (Lipinski definition) is 1. The third-order valence-electron chi connectivity index (χ3n) is 3.48. The van der Waals surface area contributed by atoms with Gasteiger partial charge in [0.2, 0.25) is 0 Å². The number of aromatic nitrogens is 2. The molecular formula is C15H13Cl2N3O2S. The van der Waals surface area contributed by atoms with Crippen molar-refractivity contribution in [3.05, 3.63) is 58.3 Å². The standard InChI is InChI=1S/C15H13Cl2N3O2S/c16-13-4-3-11(8-14(13)17)23(21,22)20-9-10(5-6-18)12-2-1-7-19-15(12)20/h1-4,7-9H,5-6,18H2. The highest BCUT2D eigenvalue weighted by atomic mass is 35.5. The number of nitrogens with zero attached hydrogens (tertiary/aromatic N) is 2. The SMILES string of the molecule is NCCc1cn(S(=O)(=O)c2ccc(Cl)c(Cl)c2)c2ncccc12. The van der Waals surface area contributed by atoms with Crippen molar-refractivity contribution >= 4 is 44.3 Å². The second-order valence-corrected chi connectivity index (χ2v) is 7.57. The van der Waals surface area contributed by atoms with Crippen LogP contribution in [0.3, 0.4) is 0 Å².